The van der Waals surface area contributed by atoms with Crippen LogP contribution in [0.15, 0.2) is 54.9 Å². The van der Waals surface area contributed by atoms with Crippen LogP contribution in [0.3, 0.4) is 0 Å². The molecular formula is C23H25N5O. The molecule has 0 spiro atoms. The van der Waals surface area contributed by atoms with Crippen molar-refractivity contribution in [1.82, 2.24) is 14.7 Å². The first kappa shape index (κ1) is 17.8. The molecule has 148 valence electrons. The maximum atomic E-state index is 12.9. The molecule has 2 aliphatic heterocycles. The highest BCUT2D eigenvalue weighted by atomic mass is 16.2. The van der Waals surface area contributed by atoms with Crippen LogP contribution in [0.4, 0.5) is 17.1 Å². The molecule has 1 aromatic heterocycles. The summed E-state index contributed by atoms with van der Waals surface area (Å²) in [5.74, 6) is 0.145. The highest BCUT2D eigenvalue weighted by Crippen LogP contribution is 2.38. The Bertz CT molecular complexity index is 1030. The Kier molecular flexibility index (Phi) is 4.46. The van der Waals surface area contributed by atoms with Gasteiger partial charge in [0, 0.05) is 43.1 Å². The number of likely N-dealkylation sites (tertiary alicyclic amines) is 1. The second-order valence-electron chi connectivity index (χ2n) is 7.80. The molecule has 0 saturated carbocycles. The SMILES string of the molecule is Cn1cc(-c2ccc(N3CNc4ccc(C(=O)N5CCCCC5)cc43)cc2)cn1. The van der Waals surface area contributed by atoms with Gasteiger partial charge in [-0.05, 0) is 55.2 Å². The second-order valence-corrected chi connectivity index (χ2v) is 7.80. The summed E-state index contributed by atoms with van der Waals surface area (Å²) < 4.78 is 1.81. The number of carbonyl (C=O) groups is 1. The molecule has 5 rings (SSSR count). The molecular weight excluding hydrogens is 362 g/mol. The van der Waals surface area contributed by atoms with Crippen molar-refractivity contribution in [3.05, 3.63) is 60.4 Å². The van der Waals surface area contributed by atoms with E-state index in [1.165, 1.54) is 6.42 Å². The van der Waals surface area contributed by atoms with Crippen molar-refractivity contribution in [2.24, 2.45) is 7.05 Å². The van der Waals surface area contributed by atoms with Gasteiger partial charge in [0.05, 0.1) is 24.2 Å². The minimum Gasteiger partial charge on any atom is -0.366 e. The van der Waals surface area contributed by atoms with E-state index in [0.29, 0.717) is 6.67 Å². The van der Waals surface area contributed by atoms with Crippen molar-refractivity contribution < 1.29 is 4.79 Å². The number of benzene rings is 2. The van der Waals surface area contributed by atoms with Gasteiger partial charge in [-0.25, -0.2) is 0 Å². The quantitative estimate of drug-likeness (QED) is 0.731. The van der Waals surface area contributed by atoms with E-state index in [4.69, 9.17) is 0 Å². The number of nitrogens with one attached hydrogen (secondary N) is 1. The minimum absolute atomic E-state index is 0.145. The lowest BCUT2D eigenvalue weighted by atomic mass is 10.1. The van der Waals surface area contributed by atoms with Crippen molar-refractivity contribution >= 4 is 23.0 Å². The van der Waals surface area contributed by atoms with E-state index in [2.05, 4.69) is 39.6 Å². The first-order chi connectivity index (χ1) is 14.2. The molecule has 0 unspecified atom stereocenters. The Morgan fingerprint density at radius 1 is 1.00 bits per heavy atom. The van der Waals surface area contributed by atoms with Crippen molar-refractivity contribution in [1.29, 1.82) is 0 Å². The van der Waals surface area contributed by atoms with Gasteiger partial charge in [0.2, 0.25) is 0 Å². The number of nitrogens with zero attached hydrogens (tertiary/aromatic N) is 4. The molecule has 0 atom stereocenters. The molecule has 2 aromatic carbocycles. The van der Waals surface area contributed by atoms with Crippen molar-refractivity contribution in [3.63, 3.8) is 0 Å². The monoisotopic (exact) mass is 387 g/mol. The normalized spacial score (nSPS) is 15.9. The number of hydrogen-bond donors (Lipinski definition) is 1. The average Bonchev–Trinajstić information content (AvgIpc) is 3.40. The number of aryl methyl sites for hydroxylation is 1. The average molecular weight is 387 g/mol. The van der Waals surface area contributed by atoms with Crippen molar-refractivity contribution in [2.45, 2.75) is 19.3 Å². The molecule has 6 nitrogen and oxygen atoms in total. The number of carbonyl (C=O) groups excluding carboxylic acids is 1. The zero-order valence-electron chi connectivity index (χ0n) is 16.6. The summed E-state index contributed by atoms with van der Waals surface area (Å²) in [4.78, 5) is 17.1. The molecule has 1 fully saturated rings. The summed E-state index contributed by atoms with van der Waals surface area (Å²) in [5, 5.41) is 7.68. The Morgan fingerprint density at radius 3 is 2.52 bits per heavy atom. The van der Waals surface area contributed by atoms with Crippen LogP contribution in [-0.2, 0) is 7.05 Å². The van der Waals surface area contributed by atoms with E-state index < -0.39 is 0 Å². The number of hydrogen-bond acceptors (Lipinski definition) is 4. The summed E-state index contributed by atoms with van der Waals surface area (Å²) in [5.41, 5.74) is 6.24. The Labute approximate surface area is 170 Å². The Morgan fingerprint density at radius 2 is 1.79 bits per heavy atom. The first-order valence-corrected chi connectivity index (χ1v) is 10.2. The highest BCUT2D eigenvalue weighted by Gasteiger charge is 2.24. The Hall–Kier alpha value is -3.28. The maximum Gasteiger partial charge on any atom is 0.253 e. The fraction of sp³-hybridized carbons (Fsp3) is 0.304. The summed E-state index contributed by atoms with van der Waals surface area (Å²) in [7, 11) is 1.92. The summed E-state index contributed by atoms with van der Waals surface area (Å²) in [6.07, 6.45) is 7.32. The lowest BCUT2D eigenvalue weighted by Crippen LogP contribution is -2.35. The fourth-order valence-electron chi connectivity index (χ4n) is 4.20. The van der Waals surface area contributed by atoms with Crippen LogP contribution in [0.1, 0.15) is 29.6 Å². The standard InChI is InChI=1S/C23H25N5O/c1-26-15-19(14-25-26)17-5-8-20(9-6-17)28-16-24-21-10-7-18(13-22(21)28)23(29)27-11-3-2-4-12-27/h5-10,13-15,24H,2-4,11-12,16H2,1H3. The van der Waals surface area contributed by atoms with Crippen LogP contribution >= 0.6 is 0 Å². The predicted octanol–water partition coefficient (Wildman–Crippen LogP) is 4.23. The lowest BCUT2D eigenvalue weighted by Gasteiger charge is -2.27. The van der Waals surface area contributed by atoms with Crippen LogP contribution in [0.2, 0.25) is 0 Å². The third-order valence-electron chi connectivity index (χ3n) is 5.82. The molecule has 1 saturated heterocycles. The van der Waals surface area contributed by atoms with Crippen molar-refractivity contribution in [3.8, 4) is 11.1 Å². The van der Waals surface area contributed by atoms with Crippen LogP contribution in [0.5, 0.6) is 0 Å². The summed E-state index contributed by atoms with van der Waals surface area (Å²) >= 11 is 0. The zero-order chi connectivity index (χ0) is 19.8. The van der Waals surface area contributed by atoms with Gasteiger partial charge in [0.15, 0.2) is 0 Å². The fourth-order valence-corrected chi connectivity index (χ4v) is 4.20. The number of amides is 1. The molecule has 3 aromatic rings. The van der Waals surface area contributed by atoms with Crippen LogP contribution in [-0.4, -0.2) is 40.3 Å². The smallest absolute Gasteiger partial charge is 0.253 e. The van der Waals surface area contributed by atoms with E-state index >= 15 is 0 Å². The van der Waals surface area contributed by atoms with E-state index in [1.807, 2.05) is 47.2 Å². The van der Waals surface area contributed by atoms with Crippen LogP contribution in [0, 0.1) is 0 Å². The van der Waals surface area contributed by atoms with Crippen molar-refractivity contribution in [2.75, 3.05) is 30.0 Å². The van der Waals surface area contributed by atoms with E-state index in [9.17, 15) is 4.79 Å². The largest absolute Gasteiger partial charge is 0.366 e. The topological polar surface area (TPSA) is 53.4 Å². The third kappa shape index (κ3) is 3.35. The number of rotatable bonds is 3. The predicted molar refractivity (Wildman–Crippen MR) is 115 cm³/mol. The van der Waals surface area contributed by atoms with Crippen LogP contribution < -0.4 is 10.2 Å². The first-order valence-electron chi connectivity index (χ1n) is 10.2. The van der Waals surface area contributed by atoms with Gasteiger partial charge in [-0.2, -0.15) is 5.10 Å². The second kappa shape index (κ2) is 7.28. The van der Waals surface area contributed by atoms with Gasteiger partial charge in [-0.3, -0.25) is 9.48 Å². The van der Waals surface area contributed by atoms with Crippen LogP contribution in [0.25, 0.3) is 11.1 Å². The summed E-state index contributed by atoms with van der Waals surface area (Å²) in [6.45, 7) is 2.43. The van der Waals surface area contributed by atoms with Gasteiger partial charge in [0.1, 0.15) is 0 Å². The molecule has 2 aliphatic rings. The van der Waals surface area contributed by atoms with Gasteiger partial charge in [-0.15, -0.1) is 0 Å². The van der Waals surface area contributed by atoms with Gasteiger partial charge in [-0.1, -0.05) is 12.1 Å². The molecule has 0 bridgehead atoms. The molecule has 0 aliphatic carbocycles. The number of aromatic nitrogens is 2. The van der Waals surface area contributed by atoms with Gasteiger partial charge < -0.3 is 15.1 Å². The van der Waals surface area contributed by atoms with Gasteiger partial charge in [0.25, 0.3) is 5.91 Å². The lowest BCUT2D eigenvalue weighted by molar-refractivity contribution is 0.0724. The number of fused-ring (bicyclic) bond motifs is 1. The minimum atomic E-state index is 0.145. The molecule has 6 heteroatoms. The Balaban J connectivity index is 1.40. The zero-order valence-corrected chi connectivity index (χ0v) is 16.6. The van der Waals surface area contributed by atoms with E-state index in [1.54, 1.807) is 0 Å². The number of anilines is 3. The molecule has 3 heterocycles. The van der Waals surface area contributed by atoms with E-state index in [-0.39, 0.29) is 5.91 Å². The molecule has 1 amide bonds. The summed E-state index contributed by atoms with van der Waals surface area (Å²) in [6, 6.07) is 14.5. The highest BCUT2D eigenvalue weighted by molar-refractivity contribution is 5.97. The van der Waals surface area contributed by atoms with E-state index in [0.717, 1.165) is 59.7 Å². The van der Waals surface area contributed by atoms with Gasteiger partial charge >= 0.3 is 0 Å². The maximum absolute atomic E-state index is 12.9. The molecule has 1 N–H and O–H groups in total. The number of piperidine rings is 1. The molecule has 29 heavy (non-hydrogen) atoms. The third-order valence-corrected chi connectivity index (χ3v) is 5.82. The molecule has 0 radical (unpaired) electrons.